The molecule has 0 amide bonds. The molecule has 0 aromatic carbocycles. The number of anilines is 2. The monoisotopic (exact) mass is 287 g/mol. The Morgan fingerprint density at radius 3 is 2.32 bits per heavy atom. The van der Waals surface area contributed by atoms with Gasteiger partial charge in [0.2, 0.25) is 17.2 Å². The van der Waals surface area contributed by atoms with Crippen LogP contribution in [0, 0.1) is 5.41 Å². The van der Waals surface area contributed by atoms with Gasteiger partial charge in [0.15, 0.2) is 0 Å². The molecule has 108 valence electrons. The maximum atomic E-state index is 9.52. The minimum Gasteiger partial charge on any atom is -0.396 e. The van der Waals surface area contributed by atoms with Crippen molar-refractivity contribution in [3.05, 3.63) is 5.28 Å². The summed E-state index contributed by atoms with van der Waals surface area (Å²) < 4.78 is 0. The van der Waals surface area contributed by atoms with Gasteiger partial charge >= 0.3 is 0 Å². The van der Waals surface area contributed by atoms with Crippen molar-refractivity contribution in [3.63, 3.8) is 0 Å². The van der Waals surface area contributed by atoms with Crippen molar-refractivity contribution >= 4 is 23.5 Å². The van der Waals surface area contributed by atoms with Gasteiger partial charge in [0, 0.05) is 26.1 Å². The quantitative estimate of drug-likeness (QED) is 0.797. The van der Waals surface area contributed by atoms with E-state index in [9.17, 15) is 5.11 Å². The molecule has 2 N–H and O–H groups in total. The van der Waals surface area contributed by atoms with Gasteiger partial charge in [0.25, 0.3) is 0 Å². The predicted octanol–water partition coefficient (Wildman–Crippen LogP) is 1.80. The van der Waals surface area contributed by atoms with Crippen molar-refractivity contribution in [2.24, 2.45) is 5.41 Å². The van der Waals surface area contributed by atoms with Crippen molar-refractivity contribution in [1.29, 1.82) is 0 Å². The molecular weight excluding hydrogens is 266 g/mol. The molecule has 1 heterocycles. The zero-order valence-corrected chi connectivity index (χ0v) is 12.7. The van der Waals surface area contributed by atoms with Gasteiger partial charge in [-0.15, -0.1) is 0 Å². The molecule has 0 saturated heterocycles. The molecule has 1 aromatic heterocycles. The Morgan fingerprint density at radius 1 is 1.21 bits per heavy atom. The van der Waals surface area contributed by atoms with Gasteiger partial charge in [-0.1, -0.05) is 13.8 Å². The average molecular weight is 288 g/mol. The minimum absolute atomic E-state index is 0.131. The molecule has 6 nitrogen and oxygen atoms in total. The lowest BCUT2D eigenvalue weighted by Crippen LogP contribution is -2.33. The highest BCUT2D eigenvalue weighted by Gasteiger charge is 2.25. The third kappa shape index (κ3) is 4.18. The molecule has 0 bridgehead atoms. The first kappa shape index (κ1) is 15.9. The van der Waals surface area contributed by atoms with Gasteiger partial charge in [-0.25, -0.2) is 0 Å². The van der Waals surface area contributed by atoms with Crippen LogP contribution in [0.4, 0.5) is 11.9 Å². The van der Waals surface area contributed by atoms with Crippen LogP contribution in [0.3, 0.4) is 0 Å². The van der Waals surface area contributed by atoms with Crippen molar-refractivity contribution in [1.82, 2.24) is 15.0 Å². The Labute approximate surface area is 119 Å². The summed E-state index contributed by atoms with van der Waals surface area (Å²) in [6.07, 6.45) is 1.76. The minimum atomic E-state index is -0.155. The number of aliphatic hydroxyl groups is 1. The van der Waals surface area contributed by atoms with Gasteiger partial charge in [0.1, 0.15) is 0 Å². The van der Waals surface area contributed by atoms with E-state index in [1.165, 1.54) is 0 Å². The molecule has 0 aliphatic rings. The Bertz CT molecular complexity index is 401. The van der Waals surface area contributed by atoms with E-state index in [1.54, 1.807) is 4.90 Å². The van der Waals surface area contributed by atoms with E-state index in [1.807, 2.05) is 14.1 Å². The number of aromatic nitrogens is 3. The molecule has 7 heteroatoms. The first-order valence-electron chi connectivity index (χ1n) is 6.40. The second-order valence-electron chi connectivity index (χ2n) is 4.84. The van der Waals surface area contributed by atoms with Crippen molar-refractivity contribution < 1.29 is 5.11 Å². The van der Waals surface area contributed by atoms with Crippen LogP contribution in [-0.2, 0) is 0 Å². The Kier molecular flexibility index (Phi) is 5.75. The third-order valence-electron chi connectivity index (χ3n) is 3.45. The van der Waals surface area contributed by atoms with E-state index in [2.05, 4.69) is 34.1 Å². The summed E-state index contributed by atoms with van der Waals surface area (Å²) in [6, 6.07) is 0. The van der Waals surface area contributed by atoms with Crippen LogP contribution in [-0.4, -0.2) is 47.3 Å². The number of rotatable bonds is 7. The van der Waals surface area contributed by atoms with E-state index in [0.29, 0.717) is 18.4 Å². The van der Waals surface area contributed by atoms with Crippen LogP contribution in [0.5, 0.6) is 0 Å². The van der Waals surface area contributed by atoms with Crippen LogP contribution < -0.4 is 10.2 Å². The number of nitrogens with one attached hydrogen (secondary N) is 1. The molecule has 0 unspecified atom stereocenters. The molecule has 1 rings (SSSR count). The van der Waals surface area contributed by atoms with Crippen molar-refractivity contribution in [2.45, 2.75) is 26.7 Å². The normalized spacial score (nSPS) is 11.5. The second kappa shape index (κ2) is 6.86. The fraction of sp³-hybridized carbons (Fsp3) is 0.750. The average Bonchev–Trinajstić information content (AvgIpc) is 2.40. The SMILES string of the molecule is CCC(CC)(CO)CNc1nc(Cl)nc(N(C)C)n1. The van der Waals surface area contributed by atoms with Crippen LogP contribution in [0.2, 0.25) is 5.28 Å². The summed E-state index contributed by atoms with van der Waals surface area (Å²) in [4.78, 5) is 14.1. The maximum absolute atomic E-state index is 9.52. The van der Waals surface area contributed by atoms with Gasteiger partial charge < -0.3 is 15.3 Å². The first-order valence-corrected chi connectivity index (χ1v) is 6.77. The zero-order chi connectivity index (χ0) is 14.5. The Balaban J connectivity index is 2.82. The smallest absolute Gasteiger partial charge is 0.230 e. The molecule has 0 aliphatic heterocycles. The number of hydrogen-bond donors (Lipinski definition) is 2. The van der Waals surface area contributed by atoms with E-state index in [0.717, 1.165) is 12.8 Å². The summed E-state index contributed by atoms with van der Waals surface area (Å²) in [7, 11) is 3.68. The highest BCUT2D eigenvalue weighted by molar-refractivity contribution is 6.28. The van der Waals surface area contributed by atoms with Gasteiger partial charge in [-0.3, -0.25) is 0 Å². The molecular formula is C12H22ClN5O. The van der Waals surface area contributed by atoms with Crippen LogP contribution in [0.25, 0.3) is 0 Å². The second-order valence-corrected chi connectivity index (χ2v) is 5.18. The highest BCUT2D eigenvalue weighted by Crippen LogP contribution is 2.25. The molecule has 0 radical (unpaired) electrons. The third-order valence-corrected chi connectivity index (χ3v) is 3.62. The topological polar surface area (TPSA) is 74.2 Å². The van der Waals surface area contributed by atoms with Gasteiger partial charge in [-0.05, 0) is 24.4 Å². The van der Waals surface area contributed by atoms with Crippen molar-refractivity contribution in [2.75, 3.05) is 37.5 Å². The molecule has 0 fully saturated rings. The lowest BCUT2D eigenvalue weighted by molar-refractivity contribution is 0.127. The first-order chi connectivity index (χ1) is 8.96. The summed E-state index contributed by atoms with van der Waals surface area (Å²) in [5.74, 6) is 0.938. The zero-order valence-electron chi connectivity index (χ0n) is 11.9. The summed E-state index contributed by atoms with van der Waals surface area (Å²) in [5, 5.41) is 12.8. The number of nitrogens with zero attached hydrogens (tertiary/aromatic N) is 4. The molecule has 0 saturated carbocycles. The molecule has 0 aliphatic carbocycles. The lowest BCUT2D eigenvalue weighted by Gasteiger charge is -2.29. The Morgan fingerprint density at radius 2 is 1.84 bits per heavy atom. The molecule has 19 heavy (non-hydrogen) atoms. The number of halogens is 1. The standard InChI is InChI=1S/C12H22ClN5O/c1-5-12(6-2,8-19)7-14-10-15-9(13)16-11(17-10)18(3)4/h19H,5-8H2,1-4H3,(H,14,15,16,17). The summed E-state index contributed by atoms with van der Waals surface area (Å²) in [6.45, 7) is 4.86. The van der Waals surface area contributed by atoms with Gasteiger partial charge in [0.05, 0.1) is 6.61 Å². The maximum Gasteiger partial charge on any atom is 0.230 e. The van der Waals surface area contributed by atoms with Crippen LogP contribution in [0.15, 0.2) is 0 Å². The van der Waals surface area contributed by atoms with E-state index in [4.69, 9.17) is 11.6 Å². The highest BCUT2D eigenvalue weighted by atomic mass is 35.5. The van der Waals surface area contributed by atoms with Gasteiger partial charge in [-0.2, -0.15) is 15.0 Å². The molecule has 1 aromatic rings. The van der Waals surface area contributed by atoms with E-state index < -0.39 is 0 Å². The summed E-state index contributed by atoms with van der Waals surface area (Å²) >= 11 is 5.87. The lowest BCUT2D eigenvalue weighted by atomic mass is 9.83. The molecule has 0 spiro atoms. The Hall–Kier alpha value is -1.14. The van der Waals surface area contributed by atoms with Crippen LogP contribution >= 0.6 is 11.6 Å². The summed E-state index contributed by atoms with van der Waals surface area (Å²) in [5.41, 5.74) is -0.155. The number of aliphatic hydroxyl groups excluding tert-OH is 1. The largest absolute Gasteiger partial charge is 0.396 e. The van der Waals surface area contributed by atoms with Crippen molar-refractivity contribution in [3.8, 4) is 0 Å². The predicted molar refractivity (Wildman–Crippen MR) is 77.8 cm³/mol. The number of hydrogen-bond acceptors (Lipinski definition) is 6. The van der Waals surface area contributed by atoms with E-state index >= 15 is 0 Å². The van der Waals surface area contributed by atoms with Crippen LogP contribution in [0.1, 0.15) is 26.7 Å². The fourth-order valence-electron chi connectivity index (χ4n) is 1.66. The molecule has 0 atom stereocenters. The fourth-order valence-corrected chi connectivity index (χ4v) is 1.82. The van der Waals surface area contributed by atoms with E-state index in [-0.39, 0.29) is 17.3 Å².